The van der Waals surface area contributed by atoms with Crippen LogP contribution in [0.5, 0.6) is 0 Å². The second-order valence-corrected chi connectivity index (χ2v) is 8.97. The number of rotatable bonds is 6. The van der Waals surface area contributed by atoms with Crippen LogP contribution in [0.1, 0.15) is 18.9 Å². The summed E-state index contributed by atoms with van der Waals surface area (Å²) in [5.74, 6) is 0.0433. The number of hydrogen-bond acceptors (Lipinski definition) is 5. The standard InChI is InChI=1S/C12H17BrN4O2S2/c1-3-4-17-7-10(12(14)15-17)21(18,19)16(2)6-9-5-11(13)20-8-9/h5,7-8H,3-4,6H2,1-2H3,(H2,14,15). The molecule has 0 fully saturated rings. The van der Waals surface area contributed by atoms with E-state index >= 15 is 0 Å². The van der Waals surface area contributed by atoms with Crippen LogP contribution in [0.3, 0.4) is 0 Å². The molecule has 0 radical (unpaired) electrons. The Morgan fingerprint density at radius 1 is 1.52 bits per heavy atom. The lowest BCUT2D eigenvalue weighted by molar-refractivity contribution is 0.467. The van der Waals surface area contributed by atoms with Crippen LogP contribution in [0.4, 0.5) is 5.82 Å². The summed E-state index contributed by atoms with van der Waals surface area (Å²) in [5, 5.41) is 5.96. The van der Waals surface area contributed by atoms with Gasteiger partial charge in [-0.3, -0.25) is 4.68 Å². The molecule has 0 saturated carbocycles. The predicted octanol–water partition coefficient (Wildman–Crippen LogP) is 2.52. The number of nitrogens with zero attached hydrogens (tertiary/aromatic N) is 3. The maximum Gasteiger partial charge on any atom is 0.248 e. The first-order valence-corrected chi connectivity index (χ1v) is 9.48. The Bertz CT molecular complexity index is 723. The van der Waals surface area contributed by atoms with E-state index in [-0.39, 0.29) is 10.7 Å². The van der Waals surface area contributed by atoms with Crippen LogP contribution in [0.25, 0.3) is 0 Å². The predicted molar refractivity (Wildman–Crippen MR) is 87.6 cm³/mol. The molecule has 0 aliphatic rings. The molecule has 0 saturated heterocycles. The van der Waals surface area contributed by atoms with Crippen LogP contribution >= 0.6 is 27.3 Å². The number of thiophene rings is 1. The van der Waals surface area contributed by atoms with Gasteiger partial charge in [-0.05, 0) is 39.4 Å². The van der Waals surface area contributed by atoms with Gasteiger partial charge in [-0.15, -0.1) is 11.3 Å². The third-order valence-corrected chi connectivity index (χ3v) is 6.30. The minimum atomic E-state index is -3.64. The number of nitrogen functional groups attached to an aromatic ring is 1. The molecular weight excluding hydrogens is 376 g/mol. The Hall–Kier alpha value is -0.900. The average molecular weight is 393 g/mol. The van der Waals surface area contributed by atoms with Crippen molar-refractivity contribution >= 4 is 43.1 Å². The molecule has 2 rings (SSSR count). The van der Waals surface area contributed by atoms with Gasteiger partial charge in [0.25, 0.3) is 0 Å². The van der Waals surface area contributed by atoms with Crippen molar-refractivity contribution in [2.45, 2.75) is 31.3 Å². The van der Waals surface area contributed by atoms with Crippen LogP contribution < -0.4 is 5.73 Å². The first-order chi connectivity index (χ1) is 9.84. The highest BCUT2D eigenvalue weighted by atomic mass is 79.9. The Morgan fingerprint density at radius 3 is 2.81 bits per heavy atom. The average Bonchev–Trinajstić information content (AvgIpc) is 2.96. The summed E-state index contributed by atoms with van der Waals surface area (Å²) in [6.07, 6.45) is 2.35. The zero-order valence-electron chi connectivity index (χ0n) is 11.8. The summed E-state index contributed by atoms with van der Waals surface area (Å²) in [6.45, 7) is 2.93. The Morgan fingerprint density at radius 2 is 2.24 bits per heavy atom. The molecule has 0 aliphatic heterocycles. The molecule has 0 unspecified atom stereocenters. The van der Waals surface area contributed by atoms with Gasteiger partial charge in [-0.2, -0.15) is 9.40 Å². The first-order valence-electron chi connectivity index (χ1n) is 6.36. The molecule has 0 aromatic carbocycles. The van der Waals surface area contributed by atoms with Gasteiger partial charge < -0.3 is 5.73 Å². The smallest absolute Gasteiger partial charge is 0.248 e. The van der Waals surface area contributed by atoms with Gasteiger partial charge in [0.05, 0.1) is 3.79 Å². The van der Waals surface area contributed by atoms with Crippen LogP contribution in [0, 0.1) is 0 Å². The van der Waals surface area contributed by atoms with Crippen LogP contribution in [-0.4, -0.2) is 29.6 Å². The second kappa shape index (κ2) is 6.47. The fourth-order valence-corrected chi connectivity index (χ4v) is 4.31. The van der Waals surface area contributed by atoms with Gasteiger partial charge in [0.15, 0.2) is 5.82 Å². The van der Waals surface area contributed by atoms with Gasteiger partial charge >= 0.3 is 0 Å². The number of aromatic nitrogens is 2. The van der Waals surface area contributed by atoms with E-state index in [1.165, 1.54) is 28.9 Å². The van der Waals surface area contributed by atoms with Crippen molar-refractivity contribution in [1.82, 2.24) is 14.1 Å². The monoisotopic (exact) mass is 392 g/mol. The molecule has 2 aromatic heterocycles. The maximum absolute atomic E-state index is 12.6. The Kier molecular flexibility index (Phi) is 5.07. The summed E-state index contributed by atoms with van der Waals surface area (Å²) in [5.41, 5.74) is 6.68. The molecule has 2 N–H and O–H groups in total. The second-order valence-electron chi connectivity index (χ2n) is 4.66. The van der Waals surface area contributed by atoms with E-state index in [0.29, 0.717) is 13.1 Å². The van der Waals surface area contributed by atoms with Crippen LogP contribution in [0.2, 0.25) is 0 Å². The lowest BCUT2D eigenvalue weighted by Crippen LogP contribution is -2.26. The number of aryl methyl sites for hydroxylation is 1. The zero-order valence-corrected chi connectivity index (χ0v) is 15.0. The molecule has 6 nitrogen and oxygen atoms in total. The van der Waals surface area contributed by atoms with Crippen molar-refractivity contribution in [3.8, 4) is 0 Å². The fourth-order valence-electron chi connectivity index (χ4n) is 1.90. The van der Waals surface area contributed by atoms with Gasteiger partial charge in [0, 0.05) is 26.3 Å². The van der Waals surface area contributed by atoms with Crippen LogP contribution in [0.15, 0.2) is 26.3 Å². The highest BCUT2D eigenvalue weighted by Crippen LogP contribution is 2.25. The van der Waals surface area contributed by atoms with E-state index in [4.69, 9.17) is 5.73 Å². The zero-order chi connectivity index (χ0) is 15.6. The number of halogens is 1. The highest BCUT2D eigenvalue weighted by Gasteiger charge is 2.26. The van der Waals surface area contributed by atoms with Crippen molar-refractivity contribution in [3.05, 3.63) is 27.0 Å². The molecule has 2 aromatic rings. The van der Waals surface area contributed by atoms with Crippen molar-refractivity contribution in [2.75, 3.05) is 12.8 Å². The summed E-state index contributed by atoms with van der Waals surface area (Å²) in [7, 11) is -2.10. The molecule has 0 spiro atoms. The summed E-state index contributed by atoms with van der Waals surface area (Å²) in [4.78, 5) is 0.0627. The molecule has 9 heteroatoms. The van der Waals surface area contributed by atoms with Crippen molar-refractivity contribution < 1.29 is 8.42 Å². The molecule has 116 valence electrons. The lowest BCUT2D eigenvalue weighted by atomic mass is 10.3. The lowest BCUT2D eigenvalue weighted by Gasteiger charge is -2.15. The molecule has 0 aliphatic carbocycles. The van der Waals surface area contributed by atoms with Gasteiger partial charge in [-0.25, -0.2) is 8.42 Å². The van der Waals surface area contributed by atoms with Crippen molar-refractivity contribution in [1.29, 1.82) is 0 Å². The third kappa shape index (κ3) is 3.65. The fraction of sp³-hybridized carbons (Fsp3) is 0.417. The van der Waals surface area contributed by atoms with Crippen LogP contribution in [-0.2, 0) is 23.1 Å². The van der Waals surface area contributed by atoms with E-state index in [0.717, 1.165) is 15.8 Å². The Labute approximate surface area is 136 Å². The molecular formula is C12H17BrN4O2S2. The van der Waals surface area contributed by atoms with E-state index in [9.17, 15) is 8.42 Å². The largest absolute Gasteiger partial charge is 0.381 e. The first kappa shape index (κ1) is 16.5. The number of sulfonamides is 1. The van der Waals surface area contributed by atoms with Gasteiger partial charge in [0.1, 0.15) is 4.90 Å². The maximum atomic E-state index is 12.6. The summed E-state index contributed by atoms with van der Waals surface area (Å²) >= 11 is 4.89. The third-order valence-electron chi connectivity index (χ3n) is 2.92. The van der Waals surface area contributed by atoms with Crippen molar-refractivity contribution in [3.63, 3.8) is 0 Å². The minimum absolute atomic E-state index is 0.0433. The summed E-state index contributed by atoms with van der Waals surface area (Å²) in [6, 6.07) is 1.90. The van der Waals surface area contributed by atoms with Gasteiger partial charge in [0.2, 0.25) is 10.0 Å². The SMILES string of the molecule is CCCn1cc(S(=O)(=O)N(C)Cc2csc(Br)c2)c(N)n1. The van der Waals surface area contributed by atoms with E-state index < -0.39 is 10.0 Å². The van der Waals surface area contributed by atoms with Gasteiger partial charge in [-0.1, -0.05) is 6.92 Å². The minimum Gasteiger partial charge on any atom is -0.381 e. The van der Waals surface area contributed by atoms with E-state index in [1.807, 2.05) is 18.4 Å². The van der Waals surface area contributed by atoms with E-state index in [2.05, 4.69) is 21.0 Å². The number of anilines is 1. The van der Waals surface area contributed by atoms with E-state index in [1.54, 1.807) is 4.68 Å². The quantitative estimate of drug-likeness (QED) is 0.818. The molecule has 0 amide bonds. The number of nitrogens with two attached hydrogens (primary N) is 1. The molecule has 21 heavy (non-hydrogen) atoms. The highest BCUT2D eigenvalue weighted by molar-refractivity contribution is 9.11. The molecule has 0 bridgehead atoms. The molecule has 0 atom stereocenters. The normalized spacial score (nSPS) is 12.2. The Balaban J connectivity index is 2.24. The topological polar surface area (TPSA) is 81.2 Å². The summed E-state index contributed by atoms with van der Waals surface area (Å²) < 4.78 is 29.0. The molecule has 2 heterocycles. The van der Waals surface area contributed by atoms with Crippen molar-refractivity contribution in [2.24, 2.45) is 0 Å². The number of hydrogen-bond donors (Lipinski definition) is 1.